The summed E-state index contributed by atoms with van der Waals surface area (Å²) in [6.45, 7) is 3.76. The molecule has 2 saturated heterocycles. The second-order valence-corrected chi connectivity index (χ2v) is 8.81. The minimum atomic E-state index is 0.523. The van der Waals surface area contributed by atoms with Gasteiger partial charge in [-0.3, -0.25) is 0 Å². The summed E-state index contributed by atoms with van der Waals surface area (Å²) in [5, 5.41) is 3.96. The fraction of sp³-hybridized carbons (Fsp3) is 0.583. The number of nitrogens with one attached hydrogen (secondary N) is 1. The summed E-state index contributed by atoms with van der Waals surface area (Å²) in [4.78, 5) is 11.9. The molecule has 1 atom stereocenters. The molecule has 29 heavy (non-hydrogen) atoms. The third-order valence-corrected chi connectivity index (χ3v) is 6.89. The molecule has 0 amide bonds. The van der Waals surface area contributed by atoms with Crippen molar-refractivity contribution in [1.82, 2.24) is 15.3 Å². The summed E-state index contributed by atoms with van der Waals surface area (Å²) in [5.74, 6) is 1.43. The lowest BCUT2D eigenvalue weighted by Crippen LogP contribution is -2.40. The number of hydrogen-bond donors (Lipinski definition) is 1. The van der Waals surface area contributed by atoms with Crippen LogP contribution in [0, 0.1) is 0 Å². The van der Waals surface area contributed by atoms with E-state index in [1.54, 1.807) is 11.1 Å². The van der Waals surface area contributed by atoms with E-state index < -0.39 is 0 Å². The Morgan fingerprint density at radius 3 is 2.41 bits per heavy atom. The van der Waals surface area contributed by atoms with Gasteiger partial charge in [0.2, 0.25) is 5.95 Å². The molecular formula is C24H32N4O. The van der Waals surface area contributed by atoms with Crippen LogP contribution in [-0.4, -0.2) is 48.4 Å². The maximum atomic E-state index is 5.50. The third-order valence-electron chi connectivity index (χ3n) is 6.89. The van der Waals surface area contributed by atoms with Crippen molar-refractivity contribution in [2.75, 3.05) is 31.2 Å². The number of aryl methyl sites for hydroxylation is 2. The smallest absolute Gasteiger partial charge is 0.225 e. The number of fused-ring (bicyclic) bond motifs is 1. The summed E-state index contributed by atoms with van der Waals surface area (Å²) in [7, 11) is 0. The second-order valence-electron chi connectivity index (χ2n) is 8.81. The van der Waals surface area contributed by atoms with Gasteiger partial charge in [0.25, 0.3) is 0 Å². The van der Waals surface area contributed by atoms with Crippen LogP contribution in [-0.2, 0) is 17.6 Å². The molecule has 0 radical (unpaired) electrons. The molecule has 154 valence electrons. The Hall–Kier alpha value is -1.98. The summed E-state index contributed by atoms with van der Waals surface area (Å²) >= 11 is 0. The SMILES string of the molecule is c1ccc2c(c1)CCC(NC1CCN(c3nccc(C4CCOCC4)n3)C1)CC2. The van der Waals surface area contributed by atoms with E-state index in [-0.39, 0.29) is 0 Å². The van der Waals surface area contributed by atoms with E-state index in [2.05, 4.69) is 45.5 Å². The van der Waals surface area contributed by atoms with Crippen LogP contribution in [0.3, 0.4) is 0 Å². The van der Waals surface area contributed by atoms with Crippen molar-refractivity contribution in [3.05, 3.63) is 53.3 Å². The zero-order valence-corrected chi connectivity index (χ0v) is 17.2. The predicted octanol–water partition coefficient (Wildman–Crippen LogP) is 3.49. The predicted molar refractivity (Wildman–Crippen MR) is 115 cm³/mol. The fourth-order valence-corrected chi connectivity index (χ4v) is 5.16. The van der Waals surface area contributed by atoms with Crippen molar-refractivity contribution >= 4 is 5.95 Å². The van der Waals surface area contributed by atoms with Crippen LogP contribution in [0.4, 0.5) is 5.95 Å². The highest BCUT2D eigenvalue weighted by Crippen LogP contribution is 2.27. The minimum absolute atomic E-state index is 0.523. The number of anilines is 1. The van der Waals surface area contributed by atoms with Crippen molar-refractivity contribution in [1.29, 1.82) is 0 Å². The second kappa shape index (κ2) is 8.80. The van der Waals surface area contributed by atoms with Gasteiger partial charge in [-0.25, -0.2) is 9.97 Å². The summed E-state index contributed by atoms with van der Waals surface area (Å²) < 4.78 is 5.50. The van der Waals surface area contributed by atoms with Gasteiger partial charge >= 0.3 is 0 Å². The van der Waals surface area contributed by atoms with Crippen LogP contribution in [0.5, 0.6) is 0 Å². The number of aromatic nitrogens is 2. The molecular weight excluding hydrogens is 360 g/mol. The Morgan fingerprint density at radius 1 is 0.897 bits per heavy atom. The van der Waals surface area contributed by atoms with Crippen molar-refractivity contribution < 1.29 is 4.74 Å². The van der Waals surface area contributed by atoms with Crippen molar-refractivity contribution in [3.63, 3.8) is 0 Å². The molecule has 2 aromatic rings. The number of ether oxygens (including phenoxy) is 1. The van der Waals surface area contributed by atoms with Crippen molar-refractivity contribution in [2.24, 2.45) is 0 Å². The maximum Gasteiger partial charge on any atom is 0.225 e. The monoisotopic (exact) mass is 392 g/mol. The van der Waals surface area contributed by atoms with Gasteiger partial charge < -0.3 is 15.0 Å². The van der Waals surface area contributed by atoms with Crippen LogP contribution in [0.25, 0.3) is 0 Å². The van der Waals surface area contributed by atoms with Crippen LogP contribution < -0.4 is 10.2 Å². The zero-order chi connectivity index (χ0) is 19.5. The maximum absolute atomic E-state index is 5.50. The van der Waals surface area contributed by atoms with Crippen LogP contribution in [0.1, 0.15) is 54.8 Å². The van der Waals surface area contributed by atoms with E-state index in [9.17, 15) is 0 Å². The summed E-state index contributed by atoms with van der Waals surface area (Å²) in [6, 6.07) is 12.2. The molecule has 0 bridgehead atoms. The quantitative estimate of drug-likeness (QED) is 0.808. The average molecular weight is 393 g/mol. The molecule has 5 heteroatoms. The van der Waals surface area contributed by atoms with Crippen LogP contribution >= 0.6 is 0 Å². The topological polar surface area (TPSA) is 50.3 Å². The molecule has 2 fully saturated rings. The number of hydrogen-bond acceptors (Lipinski definition) is 5. The number of benzene rings is 1. The standard InChI is InChI=1S/C24H32N4O/c1-2-4-19-6-8-21(7-5-18(19)3-1)26-22-10-14-28(17-22)24-25-13-9-23(27-24)20-11-15-29-16-12-20/h1-4,9,13,20-22,26H,5-8,10-12,14-17H2. The van der Waals surface area contributed by atoms with Gasteiger partial charge in [-0.2, -0.15) is 0 Å². The molecule has 5 nitrogen and oxygen atoms in total. The van der Waals surface area contributed by atoms with E-state index in [0.29, 0.717) is 18.0 Å². The fourth-order valence-electron chi connectivity index (χ4n) is 5.16. The number of rotatable bonds is 4. The van der Waals surface area contributed by atoms with Gasteiger partial charge in [0, 0.05) is 56.2 Å². The first-order chi connectivity index (χ1) is 14.3. The van der Waals surface area contributed by atoms with Gasteiger partial charge in [0.05, 0.1) is 0 Å². The normalized spacial score (nSPS) is 23.7. The Bertz CT molecular complexity index is 793. The molecule has 1 aromatic heterocycles. The molecule has 1 aromatic carbocycles. The highest BCUT2D eigenvalue weighted by atomic mass is 16.5. The van der Waals surface area contributed by atoms with E-state index >= 15 is 0 Å². The average Bonchev–Trinajstić information content (AvgIpc) is 3.16. The molecule has 0 spiro atoms. The Morgan fingerprint density at radius 2 is 1.66 bits per heavy atom. The van der Waals surface area contributed by atoms with E-state index in [1.165, 1.54) is 37.8 Å². The van der Waals surface area contributed by atoms with E-state index in [1.807, 2.05) is 6.20 Å². The third kappa shape index (κ3) is 4.46. The summed E-state index contributed by atoms with van der Waals surface area (Å²) in [6.07, 6.45) is 10.1. The first kappa shape index (κ1) is 19.0. The molecule has 1 N–H and O–H groups in total. The van der Waals surface area contributed by atoms with Crippen LogP contribution in [0.2, 0.25) is 0 Å². The largest absolute Gasteiger partial charge is 0.381 e. The zero-order valence-electron chi connectivity index (χ0n) is 17.2. The number of nitrogens with zero attached hydrogens (tertiary/aromatic N) is 3. The molecule has 1 aliphatic carbocycles. The lowest BCUT2D eigenvalue weighted by molar-refractivity contribution is 0.0845. The van der Waals surface area contributed by atoms with Crippen LogP contribution in [0.15, 0.2) is 36.5 Å². The first-order valence-corrected chi connectivity index (χ1v) is 11.3. The van der Waals surface area contributed by atoms with E-state index in [4.69, 9.17) is 9.72 Å². The van der Waals surface area contributed by atoms with Crippen molar-refractivity contribution in [3.8, 4) is 0 Å². The van der Waals surface area contributed by atoms with Gasteiger partial charge in [-0.05, 0) is 62.1 Å². The minimum Gasteiger partial charge on any atom is -0.381 e. The Kier molecular flexibility index (Phi) is 5.77. The highest BCUT2D eigenvalue weighted by Gasteiger charge is 2.28. The molecule has 0 saturated carbocycles. The molecule has 3 aliphatic rings. The van der Waals surface area contributed by atoms with Gasteiger partial charge in [0.15, 0.2) is 0 Å². The molecule has 3 heterocycles. The summed E-state index contributed by atoms with van der Waals surface area (Å²) in [5.41, 5.74) is 4.28. The van der Waals surface area contributed by atoms with Crippen molar-refractivity contribution in [2.45, 2.75) is 62.9 Å². The first-order valence-electron chi connectivity index (χ1n) is 11.3. The molecule has 1 unspecified atom stereocenters. The lowest BCUT2D eigenvalue weighted by Gasteiger charge is -2.24. The molecule has 2 aliphatic heterocycles. The lowest BCUT2D eigenvalue weighted by atomic mass is 9.96. The van der Waals surface area contributed by atoms with Gasteiger partial charge in [-0.15, -0.1) is 0 Å². The Balaban J connectivity index is 1.18. The Labute approximate surface area is 173 Å². The van der Waals surface area contributed by atoms with E-state index in [0.717, 1.165) is 45.1 Å². The highest BCUT2D eigenvalue weighted by molar-refractivity contribution is 5.34. The van der Waals surface area contributed by atoms with Gasteiger partial charge in [0.1, 0.15) is 0 Å². The van der Waals surface area contributed by atoms with Gasteiger partial charge in [-0.1, -0.05) is 24.3 Å². The molecule has 5 rings (SSSR count).